The number of methoxy groups -OCH3 is 1. The highest BCUT2D eigenvalue weighted by Crippen LogP contribution is 2.40. The third-order valence-corrected chi connectivity index (χ3v) is 7.67. The Hall–Kier alpha value is -3.36. The minimum Gasteiger partial charge on any atom is -0.494 e. The van der Waals surface area contributed by atoms with Crippen molar-refractivity contribution in [1.82, 2.24) is 14.5 Å². The first-order valence-electron chi connectivity index (χ1n) is 13.4. The average Bonchev–Trinajstić information content (AvgIpc) is 3.35. The molecular formula is C30H36ClN3O5. The summed E-state index contributed by atoms with van der Waals surface area (Å²) >= 11 is 6.30. The van der Waals surface area contributed by atoms with E-state index in [0.29, 0.717) is 17.5 Å². The Morgan fingerprint density at radius 1 is 1.21 bits per heavy atom. The molecule has 3 aromatic rings. The number of pyridine rings is 1. The number of hydrogen-bond acceptors (Lipinski definition) is 5. The van der Waals surface area contributed by atoms with E-state index < -0.39 is 5.97 Å². The van der Waals surface area contributed by atoms with E-state index in [1.54, 1.807) is 14.0 Å². The molecular weight excluding hydrogens is 518 g/mol. The van der Waals surface area contributed by atoms with E-state index in [1.165, 1.54) is 0 Å². The van der Waals surface area contributed by atoms with E-state index in [2.05, 4.69) is 22.5 Å². The molecule has 1 amide bonds. The van der Waals surface area contributed by atoms with E-state index >= 15 is 0 Å². The van der Waals surface area contributed by atoms with Crippen molar-refractivity contribution in [2.75, 3.05) is 20.2 Å². The Morgan fingerprint density at radius 2 is 1.97 bits per heavy atom. The second-order valence-corrected chi connectivity index (χ2v) is 10.3. The van der Waals surface area contributed by atoms with Gasteiger partial charge in [0.25, 0.3) is 0 Å². The third-order valence-electron chi connectivity index (χ3n) is 7.44. The number of piperidine rings is 1. The van der Waals surface area contributed by atoms with Crippen molar-refractivity contribution in [3.05, 3.63) is 76.3 Å². The van der Waals surface area contributed by atoms with Crippen molar-refractivity contribution in [1.29, 1.82) is 0 Å². The number of amides is 1. The molecule has 2 aliphatic rings. The molecule has 0 saturated carbocycles. The molecule has 1 fully saturated rings. The lowest BCUT2D eigenvalue weighted by Gasteiger charge is -2.30. The van der Waals surface area contributed by atoms with Crippen LogP contribution in [0.15, 0.2) is 48.8 Å². The van der Waals surface area contributed by atoms with Crippen molar-refractivity contribution >= 4 is 23.5 Å². The van der Waals surface area contributed by atoms with Crippen LogP contribution in [0.2, 0.25) is 5.02 Å². The molecule has 0 aliphatic carbocycles. The van der Waals surface area contributed by atoms with Crippen molar-refractivity contribution in [2.45, 2.75) is 58.7 Å². The van der Waals surface area contributed by atoms with Gasteiger partial charge in [0.05, 0.1) is 19.4 Å². The van der Waals surface area contributed by atoms with E-state index in [0.717, 1.165) is 72.7 Å². The van der Waals surface area contributed by atoms with Crippen LogP contribution in [0.3, 0.4) is 0 Å². The Labute approximate surface area is 234 Å². The molecule has 1 aromatic carbocycles. The smallest absolute Gasteiger partial charge is 0.303 e. The van der Waals surface area contributed by atoms with Crippen LogP contribution >= 0.6 is 11.6 Å². The molecule has 208 valence electrons. The number of likely N-dealkylation sites (tertiary alicyclic amines) is 1. The zero-order valence-electron chi connectivity index (χ0n) is 22.7. The van der Waals surface area contributed by atoms with Crippen LogP contribution in [-0.4, -0.2) is 51.6 Å². The highest BCUT2D eigenvalue weighted by atomic mass is 35.5. The number of ether oxygens (including phenoxy) is 2. The maximum Gasteiger partial charge on any atom is 0.303 e. The standard InChI is InChI=1S/C20H19ClN2O2.C10H17NO3/c1-3-13-8-9-22-18(19(13)24-2)20-16-11-14(21)6-7-17(16)23-10-4-5-15(23)12-25-20;1-8(12)11-6-4-9(5-7-11)2-3-10(13)14/h4-11,20H,3,12H2,1-2H3;9H,2-7H2,1H3,(H,13,14)/t20-;/m0./s1. The summed E-state index contributed by atoms with van der Waals surface area (Å²) in [6.45, 7) is 5.76. The number of fused-ring (bicyclic) bond motifs is 3. The van der Waals surface area contributed by atoms with Gasteiger partial charge in [0.1, 0.15) is 17.5 Å². The third kappa shape index (κ3) is 6.81. The second kappa shape index (κ2) is 13.1. The van der Waals surface area contributed by atoms with Crippen LogP contribution in [0.1, 0.15) is 68.1 Å². The second-order valence-electron chi connectivity index (χ2n) is 9.89. The van der Waals surface area contributed by atoms with E-state index in [-0.39, 0.29) is 18.4 Å². The summed E-state index contributed by atoms with van der Waals surface area (Å²) in [7, 11) is 1.68. The first kappa shape index (κ1) is 28.6. The molecule has 0 bridgehead atoms. The van der Waals surface area contributed by atoms with Gasteiger partial charge in [-0.05, 0) is 73.6 Å². The van der Waals surface area contributed by atoms with Crippen LogP contribution in [-0.2, 0) is 27.4 Å². The van der Waals surface area contributed by atoms with Gasteiger partial charge in [0.2, 0.25) is 5.91 Å². The zero-order valence-corrected chi connectivity index (χ0v) is 23.5. The molecule has 1 saturated heterocycles. The van der Waals surface area contributed by atoms with Crippen LogP contribution in [0.4, 0.5) is 0 Å². The minimum absolute atomic E-state index is 0.127. The molecule has 9 heteroatoms. The predicted octanol–water partition coefficient (Wildman–Crippen LogP) is 5.83. The molecule has 4 heterocycles. The summed E-state index contributed by atoms with van der Waals surface area (Å²) < 4.78 is 14.1. The number of aliphatic carboxylic acids is 1. The summed E-state index contributed by atoms with van der Waals surface area (Å²) in [5.74, 6) is 0.676. The lowest BCUT2D eigenvalue weighted by atomic mass is 9.92. The lowest BCUT2D eigenvalue weighted by molar-refractivity contribution is -0.138. The van der Waals surface area contributed by atoms with Crippen molar-refractivity contribution in [3.63, 3.8) is 0 Å². The number of carboxylic acid groups (broad SMARTS) is 1. The number of carbonyl (C=O) groups is 2. The summed E-state index contributed by atoms with van der Waals surface area (Å²) in [5.41, 5.74) is 5.04. The van der Waals surface area contributed by atoms with Gasteiger partial charge in [-0.25, -0.2) is 0 Å². The van der Waals surface area contributed by atoms with Gasteiger partial charge in [0, 0.05) is 55.1 Å². The van der Waals surface area contributed by atoms with E-state index in [9.17, 15) is 9.59 Å². The topological polar surface area (TPSA) is 93.9 Å². The molecule has 1 atom stereocenters. The first-order valence-corrected chi connectivity index (χ1v) is 13.8. The fourth-order valence-electron chi connectivity index (χ4n) is 5.28. The lowest BCUT2D eigenvalue weighted by Crippen LogP contribution is -2.37. The number of halogens is 1. The number of aryl methyl sites for hydroxylation is 1. The summed E-state index contributed by atoms with van der Waals surface area (Å²) in [6.07, 6.45) is 7.30. The van der Waals surface area contributed by atoms with Gasteiger partial charge < -0.3 is 24.0 Å². The number of carboxylic acids is 1. The molecule has 2 aromatic heterocycles. The number of aromatic nitrogens is 2. The number of benzene rings is 1. The van der Waals surface area contributed by atoms with Gasteiger partial charge in [-0.3, -0.25) is 14.6 Å². The number of hydrogen-bond donors (Lipinski definition) is 1. The largest absolute Gasteiger partial charge is 0.494 e. The van der Waals surface area contributed by atoms with Gasteiger partial charge >= 0.3 is 5.97 Å². The maximum absolute atomic E-state index is 11.0. The Kier molecular flexibility index (Phi) is 9.64. The Morgan fingerprint density at radius 3 is 2.64 bits per heavy atom. The number of nitrogens with zero attached hydrogens (tertiary/aromatic N) is 3. The van der Waals surface area contributed by atoms with Gasteiger partial charge in [0.15, 0.2) is 0 Å². The zero-order chi connectivity index (χ0) is 27.9. The fraction of sp³-hybridized carbons (Fsp3) is 0.433. The monoisotopic (exact) mass is 553 g/mol. The summed E-state index contributed by atoms with van der Waals surface area (Å²) in [5, 5.41) is 9.19. The van der Waals surface area contributed by atoms with Crippen LogP contribution in [0, 0.1) is 5.92 Å². The molecule has 1 N–H and O–H groups in total. The quantitative estimate of drug-likeness (QED) is 0.413. The van der Waals surface area contributed by atoms with Crippen molar-refractivity contribution < 1.29 is 24.2 Å². The molecule has 5 rings (SSSR count). The van der Waals surface area contributed by atoms with E-state index in [1.807, 2.05) is 47.6 Å². The normalized spacial score (nSPS) is 16.8. The van der Waals surface area contributed by atoms with Crippen LogP contribution in [0.5, 0.6) is 5.75 Å². The summed E-state index contributed by atoms with van der Waals surface area (Å²) in [6, 6.07) is 12.0. The first-order chi connectivity index (χ1) is 18.8. The highest BCUT2D eigenvalue weighted by Gasteiger charge is 2.29. The van der Waals surface area contributed by atoms with E-state index in [4.69, 9.17) is 26.2 Å². The van der Waals surface area contributed by atoms with Crippen molar-refractivity contribution in [2.24, 2.45) is 5.92 Å². The Bertz CT molecular complexity index is 1300. The van der Waals surface area contributed by atoms with Gasteiger partial charge in [-0.1, -0.05) is 18.5 Å². The van der Waals surface area contributed by atoms with Gasteiger partial charge in [-0.15, -0.1) is 0 Å². The van der Waals surface area contributed by atoms with Gasteiger partial charge in [-0.2, -0.15) is 0 Å². The molecule has 2 aliphatic heterocycles. The minimum atomic E-state index is -0.723. The molecule has 0 radical (unpaired) electrons. The molecule has 8 nitrogen and oxygen atoms in total. The SMILES string of the molecule is CC(=O)N1CCC(CCC(=O)O)CC1.CCc1ccnc([C@H]2OCc3cccn3-c3ccc(Cl)cc32)c1OC. The van der Waals surface area contributed by atoms with Crippen LogP contribution < -0.4 is 4.74 Å². The maximum atomic E-state index is 11.0. The molecule has 0 spiro atoms. The fourth-order valence-corrected chi connectivity index (χ4v) is 5.46. The predicted molar refractivity (Wildman–Crippen MR) is 149 cm³/mol. The summed E-state index contributed by atoms with van der Waals surface area (Å²) in [4.78, 5) is 27.8. The highest BCUT2D eigenvalue weighted by molar-refractivity contribution is 6.30. The van der Waals surface area contributed by atoms with Crippen molar-refractivity contribution in [3.8, 4) is 11.4 Å². The average molecular weight is 554 g/mol. The van der Waals surface area contributed by atoms with Crippen LogP contribution in [0.25, 0.3) is 5.69 Å². The number of rotatable bonds is 6. The Balaban J connectivity index is 0.000000215. The molecule has 0 unspecified atom stereocenters. The molecule has 39 heavy (non-hydrogen) atoms. The number of carbonyl (C=O) groups excluding carboxylic acids is 1.